The first-order valence-corrected chi connectivity index (χ1v) is 7.28. The van der Waals surface area contributed by atoms with Crippen LogP contribution < -0.4 is 0 Å². The summed E-state index contributed by atoms with van der Waals surface area (Å²) in [7, 11) is 0. The molecule has 0 amide bonds. The summed E-state index contributed by atoms with van der Waals surface area (Å²) in [5, 5.41) is 12.7. The molecule has 2 aromatic carbocycles. The van der Waals surface area contributed by atoms with Gasteiger partial charge in [-0.05, 0) is 34.7 Å². The first-order valence-electron chi connectivity index (χ1n) is 6.48. The lowest BCUT2D eigenvalue weighted by molar-refractivity contribution is 0.148. The van der Waals surface area contributed by atoms with Crippen LogP contribution in [-0.2, 0) is 0 Å². The Hall–Kier alpha value is -0.860. The van der Waals surface area contributed by atoms with Crippen LogP contribution in [-0.4, -0.2) is 5.11 Å². The third kappa shape index (κ3) is 2.76. The summed E-state index contributed by atoms with van der Waals surface area (Å²) < 4.78 is 1.08. The topological polar surface area (TPSA) is 20.2 Å². The Balaban J connectivity index is 2.42. The van der Waals surface area contributed by atoms with E-state index in [0.29, 0.717) is 5.92 Å². The molecule has 1 N–H and O–H groups in total. The summed E-state index contributed by atoms with van der Waals surface area (Å²) in [5.74, 6) is 0.544. The van der Waals surface area contributed by atoms with Gasteiger partial charge in [0, 0.05) is 4.47 Å². The fourth-order valence-electron chi connectivity index (χ4n) is 2.25. The van der Waals surface area contributed by atoms with Crippen molar-refractivity contribution < 1.29 is 5.11 Å². The Kier molecular flexibility index (Phi) is 4.41. The summed E-state index contributed by atoms with van der Waals surface area (Å²) in [6, 6.07) is 12.3. The number of fused-ring (bicyclic) bond motifs is 1. The molecule has 0 aliphatic rings. The summed E-state index contributed by atoms with van der Waals surface area (Å²) in [4.78, 5) is 0. The van der Waals surface area contributed by atoms with Gasteiger partial charge in [0.25, 0.3) is 0 Å². The minimum absolute atomic E-state index is 0.377. The van der Waals surface area contributed by atoms with Gasteiger partial charge in [0.1, 0.15) is 0 Å². The van der Waals surface area contributed by atoms with Gasteiger partial charge in [0.15, 0.2) is 0 Å². The smallest absolute Gasteiger partial charge is 0.0798 e. The second-order valence-electron chi connectivity index (χ2n) is 4.95. The van der Waals surface area contributed by atoms with E-state index < -0.39 is 0 Å². The molecule has 1 nitrogen and oxygen atoms in total. The maximum atomic E-state index is 10.4. The van der Waals surface area contributed by atoms with Crippen LogP contribution in [0.5, 0.6) is 0 Å². The van der Waals surface area contributed by atoms with Gasteiger partial charge in [0.2, 0.25) is 0 Å². The van der Waals surface area contributed by atoms with Crippen LogP contribution in [0.4, 0.5) is 0 Å². The van der Waals surface area contributed by atoms with E-state index in [1.54, 1.807) is 0 Å². The number of hydrogen-bond acceptors (Lipinski definition) is 1. The normalized spacial score (nSPS) is 14.7. The van der Waals surface area contributed by atoms with E-state index in [1.807, 2.05) is 24.3 Å². The molecule has 96 valence electrons. The summed E-state index contributed by atoms with van der Waals surface area (Å²) in [6.07, 6.45) is 1.55. The highest BCUT2D eigenvalue weighted by Gasteiger charge is 2.14. The zero-order chi connectivity index (χ0) is 13.1. The average Bonchev–Trinajstić information content (AvgIpc) is 2.39. The van der Waals surface area contributed by atoms with Crippen molar-refractivity contribution in [2.24, 2.45) is 5.92 Å². The molecule has 0 heterocycles. The molecule has 0 aromatic heterocycles. The molecule has 0 aliphatic carbocycles. The fourth-order valence-corrected chi connectivity index (χ4v) is 2.73. The zero-order valence-corrected chi connectivity index (χ0v) is 12.4. The molecule has 0 saturated heterocycles. The summed E-state index contributed by atoms with van der Waals surface area (Å²) >= 11 is 3.56. The maximum Gasteiger partial charge on any atom is 0.0798 e. The van der Waals surface area contributed by atoms with Gasteiger partial charge in [-0.1, -0.05) is 66.5 Å². The molecule has 2 unspecified atom stereocenters. The SMILES string of the molecule is CCC(C)CC(O)c1ccc(Br)c2ccccc12. The predicted octanol–water partition coefficient (Wildman–Crippen LogP) is 5.07. The van der Waals surface area contributed by atoms with Gasteiger partial charge in [-0.2, -0.15) is 0 Å². The monoisotopic (exact) mass is 306 g/mol. The fraction of sp³-hybridized carbons (Fsp3) is 0.375. The number of rotatable bonds is 4. The Morgan fingerprint density at radius 3 is 2.44 bits per heavy atom. The molecule has 0 fully saturated rings. The molecule has 0 bridgehead atoms. The van der Waals surface area contributed by atoms with Gasteiger partial charge in [-0.25, -0.2) is 0 Å². The van der Waals surface area contributed by atoms with E-state index in [0.717, 1.165) is 28.3 Å². The molecule has 0 radical (unpaired) electrons. The average molecular weight is 307 g/mol. The Morgan fingerprint density at radius 1 is 1.11 bits per heavy atom. The largest absolute Gasteiger partial charge is 0.388 e. The van der Waals surface area contributed by atoms with Crippen molar-refractivity contribution >= 4 is 26.7 Å². The molecule has 0 saturated carbocycles. The molecule has 18 heavy (non-hydrogen) atoms. The van der Waals surface area contributed by atoms with E-state index in [9.17, 15) is 5.11 Å². The molecule has 2 atom stereocenters. The first-order chi connectivity index (χ1) is 8.63. The summed E-state index contributed by atoms with van der Waals surface area (Å²) in [5.41, 5.74) is 1.04. The minimum atomic E-state index is -0.377. The third-order valence-corrected chi connectivity index (χ3v) is 4.28. The standard InChI is InChI=1S/C16H19BrO/c1-3-11(2)10-16(18)14-8-9-15(17)13-7-5-4-6-12(13)14/h4-9,11,16,18H,3,10H2,1-2H3. The van der Waals surface area contributed by atoms with Crippen LogP contribution in [0.15, 0.2) is 40.9 Å². The van der Waals surface area contributed by atoms with Crippen LogP contribution in [0.3, 0.4) is 0 Å². The Bertz CT molecular complexity index is 536. The summed E-state index contributed by atoms with van der Waals surface area (Å²) in [6.45, 7) is 4.35. The highest BCUT2D eigenvalue weighted by molar-refractivity contribution is 9.10. The van der Waals surface area contributed by atoms with Crippen LogP contribution >= 0.6 is 15.9 Å². The van der Waals surface area contributed by atoms with Crippen molar-refractivity contribution in [2.75, 3.05) is 0 Å². The predicted molar refractivity (Wildman–Crippen MR) is 80.7 cm³/mol. The quantitative estimate of drug-likeness (QED) is 0.836. The van der Waals surface area contributed by atoms with Crippen molar-refractivity contribution in [1.82, 2.24) is 0 Å². The van der Waals surface area contributed by atoms with Crippen molar-refractivity contribution in [1.29, 1.82) is 0 Å². The Morgan fingerprint density at radius 2 is 1.78 bits per heavy atom. The molecule has 2 rings (SSSR count). The lowest BCUT2D eigenvalue weighted by atomic mass is 9.93. The van der Waals surface area contributed by atoms with E-state index in [4.69, 9.17) is 0 Å². The lowest BCUT2D eigenvalue weighted by Gasteiger charge is -2.17. The van der Waals surface area contributed by atoms with Gasteiger partial charge >= 0.3 is 0 Å². The van der Waals surface area contributed by atoms with E-state index in [1.165, 1.54) is 5.39 Å². The van der Waals surface area contributed by atoms with Crippen LogP contribution in [0.1, 0.15) is 38.4 Å². The molecule has 2 heteroatoms. The lowest BCUT2D eigenvalue weighted by Crippen LogP contribution is -2.04. The van der Waals surface area contributed by atoms with Gasteiger partial charge < -0.3 is 5.11 Å². The van der Waals surface area contributed by atoms with Crippen molar-refractivity contribution in [3.8, 4) is 0 Å². The van der Waals surface area contributed by atoms with Gasteiger partial charge in [0.05, 0.1) is 6.10 Å². The second-order valence-corrected chi connectivity index (χ2v) is 5.80. The van der Waals surface area contributed by atoms with Crippen molar-refractivity contribution in [2.45, 2.75) is 32.8 Å². The first kappa shape index (κ1) is 13.6. The van der Waals surface area contributed by atoms with E-state index >= 15 is 0 Å². The Labute approximate surface area is 117 Å². The highest BCUT2D eigenvalue weighted by atomic mass is 79.9. The van der Waals surface area contributed by atoms with Crippen molar-refractivity contribution in [3.05, 3.63) is 46.4 Å². The number of hydrogen-bond donors (Lipinski definition) is 1. The molecular formula is C16H19BrO. The number of halogens is 1. The second kappa shape index (κ2) is 5.85. The molecule has 0 spiro atoms. The van der Waals surface area contributed by atoms with E-state index in [-0.39, 0.29) is 6.10 Å². The van der Waals surface area contributed by atoms with Gasteiger partial charge in [-0.15, -0.1) is 0 Å². The number of aliphatic hydroxyl groups excluding tert-OH is 1. The highest BCUT2D eigenvalue weighted by Crippen LogP contribution is 2.32. The van der Waals surface area contributed by atoms with E-state index in [2.05, 4.69) is 41.9 Å². The third-order valence-electron chi connectivity index (χ3n) is 3.59. The molecular weight excluding hydrogens is 288 g/mol. The zero-order valence-electron chi connectivity index (χ0n) is 10.9. The minimum Gasteiger partial charge on any atom is -0.388 e. The number of aliphatic hydroxyl groups is 1. The molecule has 0 aliphatic heterocycles. The van der Waals surface area contributed by atoms with Crippen LogP contribution in [0.2, 0.25) is 0 Å². The molecule has 2 aromatic rings. The van der Waals surface area contributed by atoms with Crippen molar-refractivity contribution in [3.63, 3.8) is 0 Å². The van der Waals surface area contributed by atoms with Crippen LogP contribution in [0, 0.1) is 5.92 Å². The number of benzene rings is 2. The van der Waals surface area contributed by atoms with Gasteiger partial charge in [-0.3, -0.25) is 0 Å². The maximum absolute atomic E-state index is 10.4. The van der Waals surface area contributed by atoms with Crippen LogP contribution in [0.25, 0.3) is 10.8 Å².